The molecular formula is C21H30N2O4S. The van der Waals surface area contributed by atoms with Crippen LogP contribution in [-0.4, -0.2) is 49.7 Å². The van der Waals surface area contributed by atoms with Crippen molar-refractivity contribution in [1.82, 2.24) is 9.47 Å². The summed E-state index contributed by atoms with van der Waals surface area (Å²) in [6, 6.07) is 8.08. The van der Waals surface area contributed by atoms with Crippen molar-refractivity contribution in [2.24, 2.45) is 5.92 Å². The average molecular weight is 407 g/mol. The van der Waals surface area contributed by atoms with Crippen LogP contribution in [0.15, 0.2) is 24.3 Å². The van der Waals surface area contributed by atoms with Gasteiger partial charge in [-0.3, -0.25) is 8.98 Å². The van der Waals surface area contributed by atoms with Crippen molar-refractivity contribution in [2.45, 2.75) is 46.1 Å². The predicted molar refractivity (Wildman–Crippen MR) is 111 cm³/mol. The van der Waals surface area contributed by atoms with Crippen LogP contribution in [0.4, 0.5) is 0 Å². The maximum absolute atomic E-state index is 13.3. The van der Waals surface area contributed by atoms with Gasteiger partial charge in [-0.15, -0.1) is 0 Å². The number of likely N-dealkylation sites (N-methyl/N-ethyl adjacent to an activating group) is 1. The SMILES string of the molecule is CCN(CC)C(=O)C1CC(C)Cc2c1c1ccccc1n2CCOS(C)(=O)=O. The molecule has 0 bridgehead atoms. The van der Waals surface area contributed by atoms with Crippen LogP contribution in [0.5, 0.6) is 0 Å². The van der Waals surface area contributed by atoms with Crippen molar-refractivity contribution < 1.29 is 17.4 Å². The molecule has 1 aliphatic rings. The summed E-state index contributed by atoms with van der Waals surface area (Å²) in [5, 5.41) is 1.09. The van der Waals surface area contributed by atoms with Gasteiger partial charge in [0.1, 0.15) is 0 Å². The Hall–Kier alpha value is -1.86. The highest BCUT2D eigenvalue weighted by molar-refractivity contribution is 7.85. The Morgan fingerprint density at radius 3 is 2.57 bits per heavy atom. The Balaban J connectivity index is 2.08. The summed E-state index contributed by atoms with van der Waals surface area (Å²) in [7, 11) is -3.48. The normalized spacial score (nSPS) is 19.6. The summed E-state index contributed by atoms with van der Waals surface area (Å²) >= 11 is 0. The number of rotatable bonds is 7. The zero-order valence-electron chi connectivity index (χ0n) is 17.1. The molecule has 1 amide bonds. The van der Waals surface area contributed by atoms with E-state index < -0.39 is 10.1 Å². The first-order valence-corrected chi connectivity index (χ1v) is 11.8. The fourth-order valence-electron chi connectivity index (χ4n) is 4.44. The first-order valence-electron chi connectivity index (χ1n) is 10.00. The van der Waals surface area contributed by atoms with E-state index in [0.717, 1.165) is 41.3 Å². The molecule has 0 spiro atoms. The lowest BCUT2D eigenvalue weighted by molar-refractivity contribution is -0.133. The number of benzene rings is 1. The number of nitrogens with zero attached hydrogens (tertiary/aromatic N) is 2. The zero-order valence-corrected chi connectivity index (χ0v) is 18.0. The molecule has 1 aliphatic carbocycles. The molecule has 2 aromatic rings. The largest absolute Gasteiger partial charge is 0.343 e. The Bertz CT molecular complexity index is 960. The Kier molecular flexibility index (Phi) is 6.15. The van der Waals surface area contributed by atoms with Crippen molar-refractivity contribution in [2.75, 3.05) is 26.0 Å². The van der Waals surface area contributed by atoms with Crippen LogP contribution in [-0.2, 0) is 32.1 Å². The number of hydrogen-bond acceptors (Lipinski definition) is 4. The van der Waals surface area contributed by atoms with E-state index >= 15 is 0 Å². The number of hydrogen-bond donors (Lipinski definition) is 0. The van der Waals surface area contributed by atoms with E-state index in [1.54, 1.807) is 0 Å². The van der Waals surface area contributed by atoms with Crippen LogP contribution in [0.1, 0.15) is 44.4 Å². The molecule has 154 valence electrons. The van der Waals surface area contributed by atoms with E-state index in [4.69, 9.17) is 4.18 Å². The summed E-state index contributed by atoms with van der Waals surface area (Å²) in [6.07, 6.45) is 2.79. The molecule has 1 aromatic carbocycles. The van der Waals surface area contributed by atoms with Gasteiger partial charge in [0.25, 0.3) is 10.1 Å². The van der Waals surface area contributed by atoms with Gasteiger partial charge in [0.05, 0.1) is 18.8 Å². The quantitative estimate of drug-likeness (QED) is 0.663. The van der Waals surface area contributed by atoms with Crippen LogP contribution in [0, 0.1) is 5.92 Å². The van der Waals surface area contributed by atoms with Crippen molar-refractivity contribution in [1.29, 1.82) is 0 Å². The van der Waals surface area contributed by atoms with E-state index in [2.05, 4.69) is 17.6 Å². The summed E-state index contributed by atoms with van der Waals surface area (Å²) < 4.78 is 29.9. The number of para-hydroxylation sites is 1. The van der Waals surface area contributed by atoms with E-state index in [1.807, 2.05) is 36.9 Å². The molecule has 0 aliphatic heterocycles. The number of carbonyl (C=O) groups excluding carboxylic acids is 1. The number of fused-ring (bicyclic) bond motifs is 3. The molecule has 2 atom stereocenters. The Morgan fingerprint density at radius 1 is 1.25 bits per heavy atom. The summed E-state index contributed by atoms with van der Waals surface area (Å²) in [4.78, 5) is 15.2. The minimum Gasteiger partial charge on any atom is -0.343 e. The molecule has 0 saturated carbocycles. The van der Waals surface area contributed by atoms with Gasteiger partial charge in [0.2, 0.25) is 5.91 Å². The molecule has 3 rings (SSSR count). The maximum Gasteiger partial charge on any atom is 0.264 e. The number of aromatic nitrogens is 1. The predicted octanol–water partition coefficient (Wildman–Crippen LogP) is 3.15. The summed E-state index contributed by atoms with van der Waals surface area (Å²) in [5.74, 6) is 0.421. The molecule has 28 heavy (non-hydrogen) atoms. The van der Waals surface area contributed by atoms with Gasteiger partial charge >= 0.3 is 0 Å². The second-order valence-corrected chi connectivity index (χ2v) is 9.31. The van der Waals surface area contributed by atoms with Gasteiger partial charge in [-0.2, -0.15) is 8.42 Å². The third-order valence-electron chi connectivity index (χ3n) is 5.64. The zero-order chi connectivity index (χ0) is 20.5. The topological polar surface area (TPSA) is 68.6 Å². The second-order valence-electron chi connectivity index (χ2n) is 7.66. The van der Waals surface area contributed by atoms with E-state index in [0.29, 0.717) is 25.6 Å². The van der Waals surface area contributed by atoms with Crippen LogP contribution in [0.25, 0.3) is 10.9 Å². The number of carbonyl (C=O) groups is 1. The highest BCUT2D eigenvalue weighted by Gasteiger charge is 2.36. The van der Waals surface area contributed by atoms with Gasteiger partial charge in [0, 0.05) is 36.2 Å². The lowest BCUT2D eigenvalue weighted by atomic mass is 9.79. The molecule has 0 N–H and O–H groups in total. The van der Waals surface area contributed by atoms with E-state index in [-0.39, 0.29) is 18.4 Å². The minimum atomic E-state index is -3.48. The first kappa shape index (κ1) is 20.9. The maximum atomic E-state index is 13.3. The highest BCUT2D eigenvalue weighted by atomic mass is 32.2. The highest BCUT2D eigenvalue weighted by Crippen LogP contribution is 2.42. The van der Waals surface area contributed by atoms with Gasteiger partial charge in [-0.25, -0.2) is 0 Å². The molecule has 0 radical (unpaired) electrons. The molecule has 2 unspecified atom stereocenters. The van der Waals surface area contributed by atoms with Crippen LogP contribution < -0.4 is 0 Å². The first-order chi connectivity index (χ1) is 13.3. The molecule has 0 saturated heterocycles. The average Bonchev–Trinajstić information content (AvgIpc) is 2.95. The minimum absolute atomic E-state index is 0.0903. The van der Waals surface area contributed by atoms with Gasteiger partial charge in [0.15, 0.2) is 0 Å². The third-order valence-corrected chi connectivity index (χ3v) is 6.23. The van der Waals surface area contributed by atoms with Crippen molar-refractivity contribution in [3.05, 3.63) is 35.5 Å². The standard InChI is InChI=1S/C21H30N2O4S/c1-5-22(6-2)21(24)17-13-15(3)14-19-20(17)16-9-7-8-10-18(16)23(19)11-12-27-28(4,25)26/h7-10,15,17H,5-6,11-14H2,1-4H3. The summed E-state index contributed by atoms with van der Waals surface area (Å²) in [6.45, 7) is 8.16. The van der Waals surface area contributed by atoms with E-state index in [1.165, 1.54) is 0 Å². The van der Waals surface area contributed by atoms with Gasteiger partial charge < -0.3 is 9.47 Å². The molecule has 6 nitrogen and oxygen atoms in total. The van der Waals surface area contributed by atoms with Gasteiger partial charge in [-0.05, 0) is 44.2 Å². The van der Waals surface area contributed by atoms with Gasteiger partial charge in [-0.1, -0.05) is 25.1 Å². The van der Waals surface area contributed by atoms with Crippen molar-refractivity contribution in [3.8, 4) is 0 Å². The van der Waals surface area contributed by atoms with E-state index in [9.17, 15) is 13.2 Å². The lowest BCUT2D eigenvalue weighted by Gasteiger charge is -2.32. The molecule has 7 heteroatoms. The van der Waals surface area contributed by atoms with Crippen molar-refractivity contribution in [3.63, 3.8) is 0 Å². The fraction of sp³-hybridized carbons (Fsp3) is 0.571. The molecular weight excluding hydrogens is 376 g/mol. The number of amides is 1. The third kappa shape index (κ3) is 4.10. The van der Waals surface area contributed by atoms with Crippen molar-refractivity contribution >= 4 is 26.9 Å². The lowest BCUT2D eigenvalue weighted by Crippen LogP contribution is -2.37. The molecule has 0 fully saturated rings. The molecule has 1 heterocycles. The Labute approximate surface area is 167 Å². The second kappa shape index (κ2) is 8.25. The molecule has 1 aromatic heterocycles. The Morgan fingerprint density at radius 2 is 1.93 bits per heavy atom. The smallest absolute Gasteiger partial charge is 0.264 e. The van der Waals surface area contributed by atoms with Crippen LogP contribution >= 0.6 is 0 Å². The van der Waals surface area contributed by atoms with Crippen LogP contribution in [0.2, 0.25) is 0 Å². The monoisotopic (exact) mass is 406 g/mol. The fourth-order valence-corrected chi connectivity index (χ4v) is 4.82. The van der Waals surface area contributed by atoms with Crippen LogP contribution in [0.3, 0.4) is 0 Å². The summed E-state index contributed by atoms with van der Waals surface area (Å²) in [5.41, 5.74) is 3.29.